The molecule has 2 aromatic rings. The van der Waals surface area contributed by atoms with Crippen LogP contribution in [0.5, 0.6) is 0 Å². The number of nitrogens with one attached hydrogen (secondary N) is 1. The molecule has 1 N–H and O–H groups in total. The smallest absolute Gasteiger partial charge is 0.277 e. The minimum Gasteiger partial charge on any atom is -0.361 e. The summed E-state index contributed by atoms with van der Waals surface area (Å²) in [5.41, 5.74) is 1.37. The predicted molar refractivity (Wildman–Crippen MR) is 93.0 cm³/mol. The number of hydrogen-bond donors (Lipinski definition) is 1. The van der Waals surface area contributed by atoms with Crippen LogP contribution in [0.3, 0.4) is 0 Å². The van der Waals surface area contributed by atoms with Gasteiger partial charge in [0.2, 0.25) is 10.0 Å². The Morgan fingerprint density at radius 3 is 2.52 bits per heavy atom. The number of carbonyl (C=O) groups excluding carboxylic acids is 1. The highest BCUT2D eigenvalue weighted by Crippen LogP contribution is 2.25. The predicted octanol–water partition coefficient (Wildman–Crippen LogP) is 2.72. The molecule has 1 fully saturated rings. The second kappa shape index (κ2) is 6.97. The molecule has 3 rings (SSSR count). The third kappa shape index (κ3) is 3.74. The molecule has 0 spiro atoms. The maximum absolute atomic E-state index is 12.8. The molecule has 0 saturated carbocycles. The van der Waals surface area contributed by atoms with E-state index in [0.29, 0.717) is 24.5 Å². The third-order valence-corrected chi connectivity index (χ3v) is 6.17. The Kier molecular flexibility index (Phi) is 4.91. The van der Waals surface area contributed by atoms with Crippen molar-refractivity contribution in [2.24, 2.45) is 0 Å². The van der Waals surface area contributed by atoms with Gasteiger partial charge in [0, 0.05) is 24.8 Å². The Labute approximate surface area is 147 Å². The van der Waals surface area contributed by atoms with Crippen molar-refractivity contribution < 1.29 is 17.7 Å². The van der Waals surface area contributed by atoms with Gasteiger partial charge in [0.1, 0.15) is 5.76 Å². The quantitative estimate of drug-likeness (QED) is 0.901. The van der Waals surface area contributed by atoms with Crippen LogP contribution in [0.1, 0.15) is 41.1 Å². The van der Waals surface area contributed by atoms with Crippen molar-refractivity contribution in [3.63, 3.8) is 0 Å². The molecule has 1 aliphatic rings. The highest BCUT2D eigenvalue weighted by molar-refractivity contribution is 7.89. The zero-order valence-electron chi connectivity index (χ0n) is 14.3. The van der Waals surface area contributed by atoms with Crippen LogP contribution in [-0.2, 0) is 10.0 Å². The molecular formula is C17H21N3O4S. The summed E-state index contributed by atoms with van der Waals surface area (Å²) in [4.78, 5) is 12.4. The number of hydrogen-bond acceptors (Lipinski definition) is 5. The van der Waals surface area contributed by atoms with E-state index < -0.39 is 15.9 Å². The first-order valence-electron chi connectivity index (χ1n) is 8.23. The summed E-state index contributed by atoms with van der Waals surface area (Å²) in [6.45, 7) is 4.58. The summed E-state index contributed by atoms with van der Waals surface area (Å²) in [5, 5.41) is 6.38. The minimum atomic E-state index is -3.55. The highest BCUT2D eigenvalue weighted by atomic mass is 32.2. The van der Waals surface area contributed by atoms with E-state index in [1.807, 2.05) is 0 Å². The van der Waals surface area contributed by atoms with Gasteiger partial charge in [-0.05, 0) is 44.4 Å². The lowest BCUT2D eigenvalue weighted by atomic mass is 10.2. The highest BCUT2D eigenvalue weighted by Gasteiger charge is 2.26. The number of amides is 1. The van der Waals surface area contributed by atoms with Gasteiger partial charge in [-0.1, -0.05) is 17.6 Å². The summed E-state index contributed by atoms with van der Waals surface area (Å²) in [5.74, 6) is 0.0933. The molecule has 0 bridgehead atoms. The van der Waals surface area contributed by atoms with E-state index >= 15 is 0 Å². The molecular weight excluding hydrogens is 342 g/mol. The maximum atomic E-state index is 12.8. The molecule has 1 amide bonds. The van der Waals surface area contributed by atoms with Crippen molar-refractivity contribution in [1.82, 2.24) is 9.46 Å². The first-order valence-corrected chi connectivity index (χ1v) is 9.67. The molecule has 0 atom stereocenters. The molecule has 1 aliphatic heterocycles. The molecule has 25 heavy (non-hydrogen) atoms. The number of sulfonamides is 1. The lowest BCUT2D eigenvalue weighted by Crippen LogP contribution is -2.35. The molecule has 1 aromatic carbocycles. The van der Waals surface area contributed by atoms with Crippen molar-refractivity contribution in [3.05, 3.63) is 41.3 Å². The topological polar surface area (TPSA) is 92.5 Å². The van der Waals surface area contributed by atoms with Gasteiger partial charge in [-0.3, -0.25) is 4.79 Å². The SMILES string of the molecule is Cc1cc(C(=O)Nc2cc(S(=O)(=O)N3CCCCC3)ccc2C)no1. The average Bonchev–Trinajstić information content (AvgIpc) is 3.04. The molecule has 1 aromatic heterocycles. The van der Waals surface area contributed by atoms with Crippen LogP contribution < -0.4 is 5.32 Å². The average molecular weight is 363 g/mol. The fourth-order valence-corrected chi connectivity index (χ4v) is 4.35. The number of carbonyl (C=O) groups is 1. The molecule has 0 unspecified atom stereocenters. The van der Waals surface area contributed by atoms with Gasteiger partial charge in [-0.25, -0.2) is 8.42 Å². The van der Waals surface area contributed by atoms with E-state index in [2.05, 4.69) is 10.5 Å². The minimum absolute atomic E-state index is 0.154. The monoisotopic (exact) mass is 363 g/mol. The largest absolute Gasteiger partial charge is 0.361 e. The first-order chi connectivity index (χ1) is 11.9. The van der Waals surface area contributed by atoms with Crippen molar-refractivity contribution in [2.75, 3.05) is 18.4 Å². The number of rotatable bonds is 4. The van der Waals surface area contributed by atoms with Crippen LogP contribution in [0.4, 0.5) is 5.69 Å². The maximum Gasteiger partial charge on any atom is 0.277 e. The molecule has 0 radical (unpaired) electrons. The van der Waals surface area contributed by atoms with E-state index in [1.54, 1.807) is 26.0 Å². The Hall–Kier alpha value is -2.19. The van der Waals surface area contributed by atoms with Crippen LogP contribution in [0.2, 0.25) is 0 Å². The molecule has 2 heterocycles. The van der Waals surface area contributed by atoms with Crippen molar-refractivity contribution in [2.45, 2.75) is 38.0 Å². The second-order valence-corrected chi connectivity index (χ2v) is 8.16. The van der Waals surface area contributed by atoms with E-state index in [1.165, 1.54) is 16.4 Å². The number of aromatic nitrogens is 1. The first kappa shape index (κ1) is 17.6. The van der Waals surface area contributed by atoms with Gasteiger partial charge in [0.25, 0.3) is 5.91 Å². The zero-order chi connectivity index (χ0) is 18.0. The van der Waals surface area contributed by atoms with Crippen molar-refractivity contribution in [3.8, 4) is 0 Å². The summed E-state index contributed by atoms with van der Waals surface area (Å²) in [6, 6.07) is 6.30. The van der Waals surface area contributed by atoms with Gasteiger partial charge >= 0.3 is 0 Å². The van der Waals surface area contributed by atoms with E-state index in [0.717, 1.165) is 24.8 Å². The standard InChI is InChI=1S/C17H21N3O4S/c1-12-6-7-14(25(22,23)20-8-4-3-5-9-20)11-15(12)18-17(21)16-10-13(2)24-19-16/h6-7,10-11H,3-5,8-9H2,1-2H3,(H,18,21). The van der Waals surface area contributed by atoms with Gasteiger partial charge in [-0.2, -0.15) is 4.31 Å². The molecule has 134 valence electrons. The molecule has 0 aliphatic carbocycles. The number of nitrogens with zero attached hydrogens (tertiary/aromatic N) is 2. The Bertz CT molecular complexity index is 883. The lowest BCUT2D eigenvalue weighted by Gasteiger charge is -2.26. The van der Waals surface area contributed by atoms with Gasteiger partial charge in [-0.15, -0.1) is 0 Å². The Balaban J connectivity index is 1.86. The van der Waals surface area contributed by atoms with Gasteiger partial charge in [0.05, 0.1) is 4.90 Å². The number of aryl methyl sites for hydroxylation is 2. The van der Waals surface area contributed by atoms with Crippen LogP contribution >= 0.6 is 0 Å². The summed E-state index contributed by atoms with van der Waals surface area (Å²) in [7, 11) is -3.55. The van der Waals surface area contributed by atoms with Crippen LogP contribution in [0.15, 0.2) is 33.7 Å². The van der Waals surface area contributed by atoms with Crippen molar-refractivity contribution in [1.29, 1.82) is 0 Å². The summed E-state index contributed by atoms with van der Waals surface area (Å²) >= 11 is 0. The van der Waals surface area contributed by atoms with Gasteiger partial charge in [0.15, 0.2) is 5.69 Å². The van der Waals surface area contributed by atoms with E-state index in [4.69, 9.17) is 4.52 Å². The van der Waals surface area contributed by atoms with E-state index in [9.17, 15) is 13.2 Å². The van der Waals surface area contributed by atoms with E-state index in [-0.39, 0.29) is 10.6 Å². The number of benzene rings is 1. The molecule has 1 saturated heterocycles. The Morgan fingerprint density at radius 2 is 1.88 bits per heavy atom. The third-order valence-electron chi connectivity index (χ3n) is 4.27. The normalized spacial score (nSPS) is 15.9. The van der Waals surface area contributed by atoms with Gasteiger partial charge < -0.3 is 9.84 Å². The van der Waals surface area contributed by atoms with Crippen LogP contribution in [-0.4, -0.2) is 36.9 Å². The van der Waals surface area contributed by atoms with Crippen LogP contribution in [0, 0.1) is 13.8 Å². The molecule has 8 heteroatoms. The second-order valence-electron chi connectivity index (χ2n) is 6.22. The summed E-state index contributed by atoms with van der Waals surface area (Å²) < 4.78 is 32.0. The lowest BCUT2D eigenvalue weighted by molar-refractivity contribution is 0.101. The fourth-order valence-electron chi connectivity index (χ4n) is 2.81. The zero-order valence-corrected chi connectivity index (χ0v) is 15.1. The summed E-state index contributed by atoms with van der Waals surface area (Å²) in [6.07, 6.45) is 2.80. The fraction of sp³-hybridized carbons (Fsp3) is 0.412. The Morgan fingerprint density at radius 1 is 1.16 bits per heavy atom. The van der Waals surface area contributed by atoms with Crippen LogP contribution in [0.25, 0.3) is 0 Å². The molecule has 7 nitrogen and oxygen atoms in total. The number of piperidine rings is 1. The van der Waals surface area contributed by atoms with Crippen molar-refractivity contribution >= 4 is 21.6 Å². The number of anilines is 1.